The zero-order chi connectivity index (χ0) is 15.4. The minimum Gasteiger partial charge on any atom is -0.496 e. The van der Waals surface area contributed by atoms with Gasteiger partial charge in [-0.2, -0.15) is 5.10 Å². The van der Waals surface area contributed by atoms with Gasteiger partial charge in [0, 0.05) is 4.88 Å². The summed E-state index contributed by atoms with van der Waals surface area (Å²) >= 11 is 1.55. The maximum Gasteiger partial charge on any atom is 0.275 e. The van der Waals surface area contributed by atoms with E-state index in [1.807, 2.05) is 53.9 Å². The molecule has 0 saturated carbocycles. The summed E-state index contributed by atoms with van der Waals surface area (Å²) in [6.07, 6.45) is 1.62. The van der Waals surface area contributed by atoms with Gasteiger partial charge in [-0.3, -0.25) is 4.79 Å². The van der Waals surface area contributed by atoms with Crippen molar-refractivity contribution in [2.45, 2.75) is 0 Å². The molecule has 0 saturated heterocycles. The average Bonchev–Trinajstić information content (AvgIpc) is 3.06. The number of hydrogen-bond acceptors (Lipinski definition) is 4. The molecule has 0 spiro atoms. The van der Waals surface area contributed by atoms with E-state index in [1.165, 1.54) is 0 Å². The number of methoxy groups -OCH3 is 1. The van der Waals surface area contributed by atoms with Crippen molar-refractivity contribution in [3.8, 4) is 5.75 Å². The Bertz CT molecular complexity index is 826. The van der Waals surface area contributed by atoms with Gasteiger partial charge in [0.1, 0.15) is 5.75 Å². The summed E-state index contributed by atoms with van der Waals surface area (Å²) in [4.78, 5) is 13.3. The molecule has 0 fully saturated rings. The van der Waals surface area contributed by atoms with E-state index in [0.717, 1.165) is 15.6 Å². The molecule has 2 aromatic carbocycles. The van der Waals surface area contributed by atoms with Gasteiger partial charge in [0.05, 0.1) is 18.9 Å². The number of ether oxygens (including phenoxy) is 1. The fourth-order valence-electron chi connectivity index (χ4n) is 2.15. The van der Waals surface area contributed by atoms with Crippen LogP contribution in [0, 0.1) is 0 Å². The molecule has 0 unspecified atom stereocenters. The molecular formula is C17H14N2O2S. The Balaban J connectivity index is 1.86. The van der Waals surface area contributed by atoms with Crippen molar-refractivity contribution in [2.75, 3.05) is 7.11 Å². The van der Waals surface area contributed by atoms with Crippen molar-refractivity contribution in [2.24, 2.45) is 5.10 Å². The Morgan fingerprint density at radius 1 is 1.18 bits per heavy atom. The smallest absolute Gasteiger partial charge is 0.275 e. The molecule has 0 aliphatic heterocycles. The second-order valence-electron chi connectivity index (χ2n) is 4.61. The Morgan fingerprint density at radius 3 is 2.64 bits per heavy atom. The van der Waals surface area contributed by atoms with Crippen LogP contribution >= 0.6 is 11.3 Å². The highest BCUT2D eigenvalue weighted by molar-refractivity contribution is 7.11. The molecule has 22 heavy (non-hydrogen) atoms. The average molecular weight is 310 g/mol. The third kappa shape index (κ3) is 2.99. The van der Waals surface area contributed by atoms with Gasteiger partial charge in [0.15, 0.2) is 0 Å². The quantitative estimate of drug-likeness (QED) is 0.590. The Hall–Kier alpha value is -2.66. The second-order valence-corrected chi connectivity index (χ2v) is 5.59. The molecule has 5 heteroatoms. The zero-order valence-electron chi connectivity index (χ0n) is 11.9. The summed E-state index contributed by atoms with van der Waals surface area (Å²) < 4.78 is 5.32. The van der Waals surface area contributed by atoms with Gasteiger partial charge in [-0.25, -0.2) is 5.43 Å². The number of thiophene rings is 1. The fraction of sp³-hybridized carbons (Fsp3) is 0.0588. The van der Waals surface area contributed by atoms with Crippen LogP contribution in [0.4, 0.5) is 0 Å². The van der Waals surface area contributed by atoms with Crippen molar-refractivity contribution < 1.29 is 9.53 Å². The third-order valence-electron chi connectivity index (χ3n) is 3.21. The van der Waals surface area contributed by atoms with Crippen molar-refractivity contribution in [3.63, 3.8) is 0 Å². The molecular weight excluding hydrogens is 296 g/mol. The predicted molar refractivity (Wildman–Crippen MR) is 89.9 cm³/mol. The molecule has 0 aliphatic carbocycles. The molecule has 0 radical (unpaired) electrons. The summed E-state index contributed by atoms with van der Waals surface area (Å²) in [5.41, 5.74) is 3.00. The molecule has 4 nitrogen and oxygen atoms in total. The van der Waals surface area contributed by atoms with Gasteiger partial charge < -0.3 is 4.74 Å². The number of carbonyl (C=O) groups is 1. The van der Waals surface area contributed by atoms with Gasteiger partial charge >= 0.3 is 0 Å². The van der Waals surface area contributed by atoms with E-state index in [-0.39, 0.29) is 5.91 Å². The lowest BCUT2D eigenvalue weighted by Gasteiger charge is -2.09. The minimum absolute atomic E-state index is 0.296. The Labute approximate surface area is 132 Å². The summed E-state index contributed by atoms with van der Waals surface area (Å²) in [6, 6.07) is 15.3. The first kappa shape index (κ1) is 14.3. The number of carbonyl (C=O) groups excluding carboxylic acids is 1. The summed E-state index contributed by atoms with van der Waals surface area (Å²) in [6.45, 7) is 0. The van der Waals surface area contributed by atoms with Gasteiger partial charge in [0.2, 0.25) is 0 Å². The lowest BCUT2D eigenvalue weighted by molar-refractivity contribution is 0.0952. The maximum absolute atomic E-state index is 12.3. The number of nitrogens with zero attached hydrogens (tertiary/aromatic N) is 1. The van der Waals surface area contributed by atoms with Crippen LogP contribution in [0.15, 0.2) is 59.0 Å². The van der Waals surface area contributed by atoms with E-state index in [2.05, 4.69) is 10.5 Å². The van der Waals surface area contributed by atoms with E-state index >= 15 is 0 Å². The van der Waals surface area contributed by atoms with Crippen LogP contribution in [0.1, 0.15) is 15.2 Å². The first-order chi connectivity index (χ1) is 10.8. The lowest BCUT2D eigenvalue weighted by atomic mass is 10.1. The number of benzene rings is 2. The molecule has 1 amide bonds. The van der Waals surface area contributed by atoms with Crippen LogP contribution in [0.25, 0.3) is 10.8 Å². The zero-order valence-corrected chi connectivity index (χ0v) is 12.8. The molecule has 0 aliphatic rings. The molecule has 3 aromatic rings. The SMILES string of the molecule is COc1cc2ccccc2cc1C(=O)N/N=C/c1cccs1. The van der Waals surface area contributed by atoms with Crippen molar-refractivity contribution in [3.05, 3.63) is 64.4 Å². The van der Waals surface area contributed by atoms with Crippen LogP contribution in [0.5, 0.6) is 5.75 Å². The predicted octanol–water partition coefficient (Wildman–Crippen LogP) is 3.67. The highest BCUT2D eigenvalue weighted by Crippen LogP contribution is 2.25. The topological polar surface area (TPSA) is 50.7 Å². The molecule has 0 bridgehead atoms. The molecule has 110 valence electrons. The molecule has 1 N–H and O–H groups in total. The van der Waals surface area contributed by atoms with E-state index in [1.54, 1.807) is 24.7 Å². The van der Waals surface area contributed by atoms with E-state index in [9.17, 15) is 4.79 Å². The van der Waals surface area contributed by atoms with Gasteiger partial charge in [-0.15, -0.1) is 11.3 Å². The second kappa shape index (κ2) is 6.41. The Morgan fingerprint density at radius 2 is 1.95 bits per heavy atom. The van der Waals surface area contributed by atoms with Crippen molar-refractivity contribution in [1.82, 2.24) is 5.43 Å². The summed E-state index contributed by atoms with van der Waals surface area (Å²) in [7, 11) is 1.55. The van der Waals surface area contributed by atoms with Crippen molar-refractivity contribution in [1.29, 1.82) is 0 Å². The standard InChI is InChI=1S/C17H14N2O2S/c1-21-16-10-13-6-3-2-5-12(13)9-15(16)17(20)19-18-11-14-7-4-8-22-14/h2-11H,1H3,(H,19,20)/b18-11+. The third-order valence-corrected chi connectivity index (χ3v) is 4.02. The van der Waals surface area contributed by atoms with Gasteiger partial charge in [-0.1, -0.05) is 30.3 Å². The minimum atomic E-state index is -0.296. The van der Waals surface area contributed by atoms with Crippen molar-refractivity contribution >= 4 is 34.2 Å². The largest absolute Gasteiger partial charge is 0.496 e. The molecule has 0 atom stereocenters. The van der Waals surface area contributed by atoms with Crippen LogP contribution in [0.3, 0.4) is 0 Å². The monoisotopic (exact) mass is 310 g/mol. The van der Waals surface area contributed by atoms with Crippen LogP contribution < -0.4 is 10.2 Å². The fourth-order valence-corrected chi connectivity index (χ4v) is 2.73. The number of rotatable bonds is 4. The van der Waals surface area contributed by atoms with Gasteiger partial charge in [-0.05, 0) is 34.4 Å². The van der Waals surface area contributed by atoms with Crippen LogP contribution in [0.2, 0.25) is 0 Å². The number of hydrazone groups is 1. The lowest BCUT2D eigenvalue weighted by Crippen LogP contribution is -2.18. The van der Waals surface area contributed by atoms with Gasteiger partial charge in [0.25, 0.3) is 5.91 Å². The molecule has 1 heterocycles. The normalized spacial score (nSPS) is 11.0. The number of nitrogens with one attached hydrogen (secondary N) is 1. The van der Waals surface area contributed by atoms with E-state index in [0.29, 0.717) is 11.3 Å². The van der Waals surface area contributed by atoms with E-state index < -0.39 is 0 Å². The highest BCUT2D eigenvalue weighted by atomic mass is 32.1. The molecule has 1 aromatic heterocycles. The van der Waals surface area contributed by atoms with Crippen LogP contribution in [-0.2, 0) is 0 Å². The summed E-state index contributed by atoms with van der Waals surface area (Å²) in [5, 5.41) is 7.94. The van der Waals surface area contributed by atoms with E-state index in [4.69, 9.17) is 4.74 Å². The van der Waals surface area contributed by atoms with Crippen LogP contribution in [-0.4, -0.2) is 19.2 Å². The first-order valence-corrected chi connectivity index (χ1v) is 7.59. The maximum atomic E-state index is 12.3. The highest BCUT2D eigenvalue weighted by Gasteiger charge is 2.13. The summed E-state index contributed by atoms with van der Waals surface area (Å²) in [5.74, 6) is 0.234. The molecule has 3 rings (SSSR count). The number of hydrogen-bond donors (Lipinski definition) is 1. The number of fused-ring (bicyclic) bond motifs is 1. The first-order valence-electron chi connectivity index (χ1n) is 6.71. The Kier molecular flexibility index (Phi) is 4.16. The number of amides is 1.